The summed E-state index contributed by atoms with van der Waals surface area (Å²) in [5.41, 5.74) is 0.0673. The van der Waals surface area contributed by atoms with Crippen molar-refractivity contribution in [1.29, 1.82) is 0 Å². The predicted molar refractivity (Wildman–Crippen MR) is 94.6 cm³/mol. The SMILES string of the molecule is CS(=O)(=O)c1ccc(NC2CCOC3(CCCCC3)C2)c([N+](=O)[O-])c1. The molecule has 0 radical (unpaired) electrons. The summed E-state index contributed by atoms with van der Waals surface area (Å²) in [5, 5.41) is 14.6. The van der Waals surface area contributed by atoms with Gasteiger partial charge in [-0.2, -0.15) is 0 Å². The molecule has 1 unspecified atom stereocenters. The van der Waals surface area contributed by atoms with Crippen molar-refractivity contribution in [3.8, 4) is 0 Å². The molecular formula is C17H24N2O5S. The van der Waals surface area contributed by atoms with Gasteiger partial charge in [0.05, 0.1) is 15.4 Å². The number of nitro groups is 1. The molecule has 0 amide bonds. The summed E-state index contributed by atoms with van der Waals surface area (Å²) in [6, 6.07) is 4.14. The highest BCUT2D eigenvalue weighted by Crippen LogP contribution is 2.40. The molecule has 1 saturated carbocycles. The maximum Gasteiger partial charge on any atom is 0.293 e. The summed E-state index contributed by atoms with van der Waals surface area (Å²) >= 11 is 0. The number of rotatable bonds is 4. The van der Waals surface area contributed by atoms with E-state index in [0.717, 1.165) is 50.8 Å². The van der Waals surface area contributed by atoms with Crippen LogP contribution in [-0.4, -0.2) is 37.8 Å². The van der Waals surface area contributed by atoms with E-state index in [4.69, 9.17) is 4.74 Å². The lowest BCUT2D eigenvalue weighted by Gasteiger charge is -2.43. The summed E-state index contributed by atoms with van der Waals surface area (Å²) < 4.78 is 29.4. The third kappa shape index (κ3) is 4.12. The number of hydrogen-bond acceptors (Lipinski definition) is 6. The highest BCUT2D eigenvalue weighted by Gasteiger charge is 2.38. The fourth-order valence-corrected chi connectivity index (χ4v) is 4.57. The fraction of sp³-hybridized carbons (Fsp3) is 0.647. The van der Waals surface area contributed by atoms with E-state index in [1.54, 1.807) is 0 Å². The van der Waals surface area contributed by atoms with Crippen LogP contribution < -0.4 is 5.32 Å². The molecule has 1 aromatic carbocycles. The van der Waals surface area contributed by atoms with Crippen LogP contribution in [0, 0.1) is 10.1 Å². The second-order valence-corrected chi connectivity index (χ2v) is 9.15. The Morgan fingerprint density at radius 2 is 2.00 bits per heavy atom. The smallest absolute Gasteiger partial charge is 0.293 e. The molecule has 1 aliphatic carbocycles. The van der Waals surface area contributed by atoms with Crippen LogP contribution in [0.2, 0.25) is 0 Å². The van der Waals surface area contributed by atoms with Crippen molar-refractivity contribution in [2.75, 3.05) is 18.2 Å². The van der Waals surface area contributed by atoms with Crippen LogP contribution in [0.1, 0.15) is 44.9 Å². The van der Waals surface area contributed by atoms with E-state index in [-0.39, 0.29) is 22.2 Å². The zero-order valence-corrected chi connectivity index (χ0v) is 15.2. The van der Waals surface area contributed by atoms with Crippen LogP contribution in [-0.2, 0) is 14.6 Å². The van der Waals surface area contributed by atoms with Crippen LogP contribution in [0.4, 0.5) is 11.4 Å². The number of anilines is 1. The standard InChI is InChI=1S/C17H24N2O5S/c1-25(22,23)14-5-6-15(16(11-14)19(20)21)18-13-7-10-24-17(12-13)8-3-2-4-9-17/h5-6,11,13,18H,2-4,7-10,12H2,1H3. The number of hydrogen-bond donors (Lipinski definition) is 1. The number of benzene rings is 1. The average Bonchev–Trinajstić information content (AvgIpc) is 2.55. The van der Waals surface area contributed by atoms with Gasteiger partial charge in [-0.1, -0.05) is 19.3 Å². The molecule has 8 heteroatoms. The Labute approximate surface area is 147 Å². The average molecular weight is 368 g/mol. The summed E-state index contributed by atoms with van der Waals surface area (Å²) in [6.07, 6.45) is 8.31. The molecule has 1 heterocycles. The van der Waals surface area contributed by atoms with Crippen LogP contribution >= 0.6 is 0 Å². The monoisotopic (exact) mass is 368 g/mol. The van der Waals surface area contributed by atoms with Crippen LogP contribution in [0.5, 0.6) is 0 Å². The number of ether oxygens (including phenoxy) is 1. The maximum atomic E-state index is 11.7. The minimum absolute atomic E-state index is 0.0412. The molecule has 1 aromatic rings. The van der Waals surface area contributed by atoms with Gasteiger partial charge in [-0.15, -0.1) is 0 Å². The second-order valence-electron chi connectivity index (χ2n) is 7.13. The molecule has 1 aliphatic heterocycles. The molecule has 1 atom stereocenters. The normalized spacial score (nSPS) is 23.3. The predicted octanol–water partition coefficient (Wildman–Crippen LogP) is 3.29. The number of nitrogens with zero attached hydrogens (tertiary/aromatic N) is 1. The van der Waals surface area contributed by atoms with Gasteiger partial charge in [0.25, 0.3) is 5.69 Å². The maximum absolute atomic E-state index is 11.7. The molecule has 0 bridgehead atoms. The molecule has 2 aliphatic rings. The summed E-state index contributed by atoms with van der Waals surface area (Å²) in [6.45, 7) is 0.646. The van der Waals surface area contributed by atoms with Crippen molar-refractivity contribution >= 4 is 21.2 Å². The lowest BCUT2D eigenvalue weighted by Crippen LogP contribution is -2.45. The second kappa shape index (κ2) is 6.92. The van der Waals surface area contributed by atoms with Gasteiger partial charge >= 0.3 is 0 Å². The summed E-state index contributed by atoms with van der Waals surface area (Å²) in [5.74, 6) is 0. The van der Waals surface area contributed by atoms with E-state index in [1.165, 1.54) is 18.6 Å². The van der Waals surface area contributed by atoms with Crippen LogP contribution in [0.3, 0.4) is 0 Å². The van der Waals surface area contributed by atoms with E-state index >= 15 is 0 Å². The van der Waals surface area contributed by atoms with Gasteiger partial charge in [0, 0.05) is 25.0 Å². The Bertz CT molecular complexity index is 751. The van der Waals surface area contributed by atoms with Gasteiger partial charge in [-0.05, 0) is 37.8 Å². The van der Waals surface area contributed by atoms with Crippen molar-refractivity contribution < 1.29 is 18.1 Å². The molecule has 7 nitrogen and oxygen atoms in total. The third-order valence-electron chi connectivity index (χ3n) is 5.21. The molecule has 1 N–H and O–H groups in total. The van der Waals surface area contributed by atoms with Crippen LogP contribution in [0.25, 0.3) is 0 Å². The van der Waals surface area contributed by atoms with Gasteiger partial charge in [0.15, 0.2) is 9.84 Å². The highest BCUT2D eigenvalue weighted by atomic mass is 32.2. The van der Waals surface area contributed by atoms with Gasteiger partial charge in [-0.3, -0.25) is 10.1 Å². The molecular weight excluding hydrogens is 344 g/mol. The topological polar surface area (TPSA) is 98.5 Å². The molecule has 2 fully saturated rings. The third-order valence-corrected chi connectivity index (χ3v) is 6.32. The summed E-state index contributed by atoms with van der Waals surface area (Å²) in [4.78, 5) is 10.8. The van der Waals surface area contributed by atoms with Crippen molar-refractivity contribution in [1.82, 2.24) is 0 Å². The quantitative estimate of drug-likeness (QED) is 0.647. The van der Waals surface area contributed by atoms with E-state index in [1.807, 2.05) is 0 Å². The molecule has 1 spiro atoms. The minimum atomic E-state index is -3.48. The molecule has 1 saturated heterocycles. The van der Waals surface area contributed by atoms with Crippen LogP contribution in [0.15, 0.2) is 23.1 Å². The van der Waals surface area contributed by atoms with Gasteiger partial charge in [0.1, 0.15) is 5.69 Å². The van der Waals surface area contributed by atoms with Crippen molar-refractivity contribution in [2.45, 2.75) is 61.5 Å². The van der Waals surface area contributed by atoms with Gasteiger partial charge < -0.3 is 10.1 Å². The molecule has 25 heavy (non-hydrogen) atoms. The Balaban J connectivity index is 1.81. The zero-order chi connectivity index (χ0) is 18.1. The number of nitro benzene ring substituents is 1. The Hall–Kier alpha value is -1.67. The molecule has 3 rings (SSSR count). The number of nitrogens with one attached hydrogen (secondary N) is 1. The van der Waals surface area contributed by atoms with Crippen molar-refractivity contribution in [3.63, 3.8) is 0 Å². The first-order chi connectivity index (χ1) is 11.8. The zero-order valence-electron chi connectivity index (χ0n) is 14.4. The first-order valence-corrected chi connectivity index (χ1v) is 10.6. The van der Waals surface area contributed by atoms with Gasteiger partial charge in [0.2, 0.25) is 0 Å². The Kier molecular flexibility index (Phi) is 5.02. The Morgan fingerprint density at radius 1 is 1.28 bits per heavy atom. The first kappa shape index (κ1) is 18.1. The fourth-order valence-electron chi connectivity index (χ4n) is 3.93. The molecule has 138 valence electrons. The Morgan fingerprint density at radius 3 is 2.64 bits per heavy atom. The lowest BCUT2D eigenvalue weighted by molar-refractivity contribution is -0.384. The minimum Gasteiger partial charge on any atom is -0.377 e. The molecule has 0 aromatic heterocycles. The largest absolute Gasteiger partial charge is 0.377 e. The van der Waals surface area contributed by atoms with E-state index in [2.05, 4.69) is 5.32 Å². The van der Waals surface area contributed by atoms with E-state index in [9.17, 15) is 18.5 Å². The van der Waals surface area contributed by atoms with Crippen molar-refractivity contribution in [3.05, 3.63) is 28.3 Å². The van der Waals surface area contributed by atoms with Crippen molar-refractivity contribution in [2.24, 2.45) is 0 Å². The van der Waals surface area contributed by atoms with E-state index in [0.29, 0.717) is 12.3 Å². The highest BCUT2D eigenvalue weighted by molar-refractivity contribution is 7.90. The lowest BCUT2D eigenvalue weighted by atomic mass is 9.78. The van der Waals surface area contributed by atoms with E-state index < -0.39 is 14.8 Å². The number of sulfone groups is 1. The first-order valence-electron chi connectivity index (χ1n) is 8.68. The summed E-state index contributed by atoms with van der Waals surface area (Å²) in [7, 11) is -3.48. The van der Waals surface area contributed by atoms with Gasteiger partial charge in [-0.25, -0.2) is 8.42 Å².